The Morgan fingerprint density at radius 2 is 1.71 bits per heavy atom. The molecule has 6 heteroatoms. The standard InChI is InChI=1S/C15H15F4NO/c16-11-4-8(3-10(7-11)15(17,18)19)14(21)9-5-12-1-2-13(6-9)20-12/h3-4,7,9,12-13,20H,1-2,5-6H2. The second-order valence-corrected chi connectivity index (χ2v) is 5.90. The first kappa shape index (κ1) is 14.5. The van der Waals surface area contributed by atoms with Crippen LogP contribution in [0.15, 0.2) is 18.2 Å². The number of hydrogen-bond acceptors (Lipinski definition) is 2. The molecule has 1 N–H and O–H groups in total. The van der Waals surface area contributed by atoms with Gasteiger partial charge < -0.3 is 5.32 Å². The van der Waals surface area contributed by atoms with Crippen LogP contribution in [0.5, 0.6) is 0 Å². The number of carbonyl (C=O) groups excluding carboxylic acids is 1. The van der Waals surface area contributed by atoms with Crippen molar-refractivity contribution in [3.05, 3.63) is 35.1 Å². The van der Waals surface area contributed by atoms with Crippen molar-refractivity contribution in [1.29, 1.82) is 0 Å². The summed E-state index contributed by atoms with van der Waals surface area (Å²) in [4.78, 5) is 12.4. The zero-order chi connectivity index (χ0) is 15.2. The van der Waals surface area contributed by atoms with Gasteiger partial charge in [0.05, 0.1) is 5.56 Å². The number of piperidine rings is 1. The Balaban J connectivity index is 1.86. The van der Waals surface area contributed by atoms with Gasteiger partial charge in [-0.2, -0.15) is 13.2 Å². The van der Waals surface area contributed by atoms with Gasteiger partial charge in [-0.3, -0.25) is 4.79 Å². The monoisotopic (exact) mass is 301 g/mol. The molecular weight excluding hydrogens is 286 g/mol. The largest absolute Gasteiger partial charge is 0.416 e. The molecule has 3 rings (SSSR count). The summed E-state index contributed by atoms with van der Waals surface area (Å²) in [5, 5.41) is 3.37. The molecule has 2 saturated heterocycles. The highest BCUT2D eigenvalue weighted by Gasteiger charge is 2.38. The molecule has 0 aliphatic carbocycles. The van der Waals surface area contributed by atoms with Crippen LogP contribution in [0.2, 0.25) is 0 Å². The molecule has 2 aliphatic rings. The summed E-state index contributed by atoms with van der Waals surface area (Å²) < 4.78 is 51.5. The van der Waals surface area contributed by atoms with E-state index in [0.717, 1.165) is 25.0 Å². The predicted octanol–water partition coefficient (Wildman–Crippen LogP) is 3.56. The van der Waals surface area contributed by atoms with Crippen molar-refractivity contribution in [3.8, 4) is 0 Å². The van der Waals surface area contributed by atoms with Crippen LogP contribution in [0, 0.1) is 11.7 Å². The zero-order valence-electron chi connectivity index (χ0n) is 11.2. The van der Waals surface area contributed by atoms with E-state index in [1.165, 1.54) is 0 Å². The Morgan fingerprint density at radius 1 is 1.10 bits per heavy atom. The Kier molecular flexibility index (Phi) is 3.51. The maximum Gasteiger partial charge on any atom is 0.416 e. The van der Waals surface area contributed by atoms with E-state index >= 15 is 0 Å². The predicted molar refractivity (Wildman–Crippen MR) is 68.4 cm³/mol. The van der Waals surface area contributed by atoms with Gasteiger partial charge in [-0.05, 0) is 43.9 Å². The third-order valence-corrected chi connectivity index (χ3v) is 4.35. The molecule has 2 fully saturated rings. The summed E-state index contributed by atoms with van der Waals surface area (Å²) in [7, 11) is 0. The molecule has 2 unspecified atom stereocenters. The van der Waals surface area contributed by atoms with E-state index in [1.807, 2.05) is 0 Å². The topological polar surface area (TPSA) is 29.1 Å². The van der Waals surface area contributed by atoms with Crippen LogP contribution in [-0.4, -0.2) is 17.9 Å². The number of alkyl halides is 3. The second kappa shape index (κ2) is 5.09. The van der Waals surface area contributed by atoms with Gasteiger partial charge in [0.15, 0.2) is 5.78 Å². The number of fused-ring (bicyclic) bond motifs is 2. The van der Waals surface area contributed by atoms with Crippen molar-refractivity contribution >= 4 is 5.78 Å². The molecule has 2 heterocycles. The minimum Gasteiger partial charge on any atom is -0.311 e. The number of benzene rings is 1. The zero-order valence-corrected chi connectivity index (χ0v) is 11.2. The molecule has 1 aromatic rings. The second-order valence-electron chi connectivity index (χ2n) is 5.90. The van der Waals surface area contributed by atoms with E-state index in [4.69, 9.17) is 0 Å². The number of nitrogens with one attached hydrogen (secondary N) is 1. The van der Waals surface area contributed by atoms with Crippen molar-refractivity contribution in [3.63, 3.8) is 0 Å². The number of rotatable bonds is 2. The average molecular weight is 301 g/mol. The first-order chi connectivity index (χ1) is 9.83. The van der Waals surface area contributed by atoms with E-state index in [-0.39, 0.29) is 29.3 Å². The molecule has 0 saturated carbocycles. The van der Waals surface area contributed by atoms with Gasteiger partial charge in [0.1, 0.15) is 5.82 Å². The molecule has 0 aromatic heterocycles. The van der Waals surface area contributed by atoms with Gasteiger partial charge >= 0.3 is 6.18 Å². The molecule has 114 valence electrons. The van der Waals surface area contributed by atoms with Crippen molar-refractivity contribution in [2.24, 2.45) is 5.92 Å². The first-order valence-corrected chi connectivity index (χ1v) is 7.01. The summed E-state index contributed by atoms with van der Waals surface area (Å²) >= 11 is 0. The third kappa shape index (κ3) is 2.95. The normalized spacial score (nSPS) is 28.7. The Morgan fingerprint density at radius 3 is 2.29 bits per heavy atom. The lowest BCUT2D eigenvalue weighted by Crippen LogP contribution is -2.40. The van der Waals surface area contributed by atoms with E-state index < -0.39 is 17.6 Å². The summed E-state index contributed by atoms with van der Waals surface area (Å²) in [6.07, 6.45) is -1.43. The molecule has 1 aromatic carbocycles. The lowest BCUT2D eigenvalue weighted by Gasteiger charge is -2.28. The van der Waals surface area contributed by atoms with Crippen molar-refractivity contribution in [2.75, 3.05) is 0 Å². The van der Waals surface area contributed by atoms with Crippen LogP contribution in [0.3, 0.4) is 0 Å². The average Bonchev–Trinajstić information content (AvgIpc) is 2.75. The van der Waals surface area contributed by atoms with Crippen LogP contribution in [-0.2, 0) is 6.18 Å². The van der Waals surface area contributed by atoms with Crippen LogP contribution >= 0.6 is 0 Å². The summed E-state index contributed by atoms with van der Waals surface area (Å²) in [6, 6.07) is 2.60. The number of ketones is 1. The Hall–Kier alpha value is -1.43. The van der Waals surface area contributed by atoms with E-state index in [9.17, 15) is 22.4 Å². The lowest BCUT2D eigenvalue weighted by molar-refractivity contribution is -0.137. The van der Waals surface area contributed by atoms with Crippen molar-refractivity contribution in [1.82, 2.24) is 5.32 Å². The number of Topliss-reactive ketones (excluding diaryl/α,β-unsaturated/α-hetero) is 1. The van der Waals surface area contributed by atoms with Gasteiger partial charge in [0, 0.05) is 23.6 Å². The molecule has 21 heavy (non-hydrogen) atoms. The van der Waals surface area contributed by atoms with Gasteiger partial charge in [-0.1, -0.05) is 0 Å². The highest BCUT2D eigenvalue weighted by atomic mass is 19.4. The van der Waals surface area contributed by atoms with Gasteiger partial charge in [0.25, 0.3) is 0 Å². The van der Waals surface area contributed by atoms with Gasteiger partial charge in [0.2, 0.25) is 0 Å². The van der Waals surface area contributed by atoms with E-state index in [0.29, 0.717) is 18.9 Å². The van der Waals surface area contributed by atoms with Crippen molar-refractivity contribution in [2.45, 2.75) is 43.9 Å². The van der Waals surface area contributed by atoms with E-state index in [2.05, 4.69) is 5.32 Å². The molecule has 2 bridgehead atoms. The molecule has 2 nitrogen and oxygen atoms in total. The maximum absolute atomic E-state index is 13.4. The number of hydrogen-bond donors (Lipinski definition) is 1. The number of carbonyl (C=O) groups is 1. The Labute approximate surface area is 119 Å². The molecule has 0 spiro atoms. The quantitative estimate of drug-likeness (QED) is 0.668. The third-order valence-electron chi connectivity index (χ3n) is 4.35. The molecule has 0 radical (unpaired) electrons. The van der Waals surface area contributed by atoms with Crippen LogP contribution < -0.4 is 5.32 Å². The highest BCUT2D eigenvalue weighted by Crippen LogP contribution is 2.35. The maximum atomic E-state index is 13.4. The van der Waals surface area contributed by atoms with Crippen molar-refractivity contribution < 1.29 is 22.4 Å². The number of halogens is 4. The smallest absolute Gasteiger partial charge is 0.311 e. The fraction of sp³-hybridized carbons (Fsp3) is 0.533. The minimum absolute atomic E-state index is 0.173. The van der Waals surface area contributed by atoms with Gasteiger partial charge in [-0.25, -0.2) is 4.39 Å². The van der Waals surface area contributed by atoms with E-state index in [1.54, 1.807) is 0 Å². The SMILES string of the molecule is O=C(c1cc(F)cc(C(F)(F)F)c1)C1CC2CCC(C1)N2. The molecule has 0 amide bonds. The Bertz CT molecular complexity index is 557. The molecule has 2 atom stereocenters. The molecular formula is C15H15F4NO. The minimum atomic E-state index is -4.65. The highest BCUT2D eigenvalue weighted by molar-refractivity contribution is 5.98. The van der Waals surface area contributed by atoms with Gasteiger partial charge in [-0.15, -0.1) is 0 Å². The first-order valence-electron chi connectivity index (χ1n) is 7.01. The summed E-state index contributed by atoms with van der Waals surface area (Å²) in [5.74, 6) is -1.71. The summed E-state index contributed by atoms with van der Waals surface area (Å²) in [6.45, 7) is 0. The van der Waals surface area contributed by atoms with Crippen LogP contribution in [0.1, 0.15) is 41.6 Å². The fourth-order valence-corrected chi connectivity index (χ4v) is 3.40. The van der Waals surface area contributed by atoms with Crippen LogP contribution in [0.4, 0.5) is 17.6 Å². The fourth-order valence-electron chi connectivity index (χ4n) is 3.40. The van der Waals surface area contributed by atoms with Crippen LogP contribution in [0.25, 0.3) is 0 Å². The summed E-state index contributed by atoms with van der Waals surface area (Å²) in [5.41, 5.74) is -1.28. The lowest BCUT2D eigenvalue weighted by atomic mass is 9.85. The molecule has 2 aliphatic heterocycles.